The maximum absolute atomic E-state index is 11.8. The van der Waals surface area contributed by atoms with E-state index >= 15 is 0 Å². The molecular formula is C15H21N3O4. The van der Waals surface area contributed by atoms with Crippen molar-refractivity contribution in [2.45, 2.75) is 25.7 Å². The molecule has 5 N–H and O–H groups in total. The highest BCUT2D eigenvalue weighted by atomic mass is 16.4. The lowest BCUT2D eigenvalue weighted by atomic mass is 10.1. The van der Waals surface area contributed by atoms with Crippen molar-refractivity contribution in [3.8, 4) is 0 Å². The zero-order valence-corrected chi connectivity index (χ0v) is 12.3. The lowest BCUT2D eigenvalue weighted by molar-refractivity contribution is -0.136. The maximum atomic E-state index is 11.8. The summed E-state index contributed by atoms with van der Waals surface area (Å²) in [6.45, 7) is 0.614. The molecule has 0 radical (unpaired) electrons. The highest BCUT2D eigenvalue weighted by Crippen LogP contribution is 2.11. The minimum absolute atomic E-state index is 0.0594. The van der Waals surface area contributed by atoms with Crippen LogP contribution >= 0.6 is 0 Å². The first-order valence-electron chi connectivity index (χ1n) is 7.13. The Bertz CT molecular complexity index is 531. The van der Waals surface area contributed by atoms with Gasteiger partial charge < -0.3 is 21.5 Å². The number of carbonyl (C=O) groups is 3. The molecule has 1 aromatic carbocycles. The third kappa shape index (κ3) is 6.85. The second kappa shape index (κ2) is 9.51. The molecule has 0 aliphatic rings. The standard InChI is InChI=1S/C15H21N3O4/c16-8-2-1-6-13(19)18-12-5-3-4-11(10-12)15(22)17-9-7-14(20)21/h3-5,10H,1-2,6-9,16H2,(H,17,22)(H,18,19)(H,20,21). The molecule has 0 heterocycles. The van der Waals surface area contributed by atoms with Gasteiger partial charge in [-0.3, -0.25) is 14.4 Å². The maximum Gasteiger partial charge on any atom is 0.305 e. The number of carbonyl (C=O) groups excluding carboxylic acids is 2. The van der Waals surface area contributed by atoms with Crippen molar-refractivity contribution in [1.29, 1.82) is 0 Å². The number of unbranched alkanes of at least 4 members (excludes halogenated alkanes) is 1. The van der Waals surface area contributed by atoms with Crippen molar-refractivity contribution in [2.24, 2.45) is 5.73 Å². The summed E-state index contributed by atoms with van der Waals surface area (Å²) in [4.78, 5) is 33.9. The van der Waals surface area contributed by atoms with Gasteiger partial charge in [-0.1, -0.05) is 6.07 Å². The van der Waals surface area contributed by atoms with Crippen LogP contribution in [0, 0.1) is 0 Å². The molecule has 0 fully saturated rings. The molecule has 0 aromatic heterocycles. The van der Waals surface area contributed by atoms with Crippen LogP contribution < -0.4 is 16.4 Å². The van der Waals surface area contributed by atoms with Crippen molar-refractivity contribution >= 4 is 23.5 Å². The molecule has 0 unspecified atom stereocenters. The molecule has 0 saturated carbocycles. The number of benzene rings is 1. The first kappa shape index (κ1) is 17.6. The van der Waals surface area contributed by atoms with Crippen molar-refractivity contribution in [2.75, 3.05) is 18.4 Å². The van der Waals surface area contributed by atoms with Crippen LogP contribution in [-0.2, 0) is 9.59 Å². The molecule has 120 valence electrons. The fourth-order valence-corrected chi connectivity index (χ4v) is 1.78. The molecule has 2 amide bonds. The van der Waals surface area contributed by atoms with E-state index in [1.807, 2.05) is 0 Å². The number of hydrogen-bond donors (Lipinski definition) is 4. The van der Waals surface area contributed by atoms with Gasteiger partial charge in [0.05, 0.1) is 6.42 Å². The Labute approximate surface area is 128 Å². The SMILES string of the molecule is NCCCCC(=O)Nc1cccc(C(=O)NCCC(=O)O)c1. The van der Waals surface area contributed by atoms with E-state index < -0.39 is 5.97 Å². The predicted octanol–water partition coefficient (Wildman–Crippen LogP) is 0.959. The number of nitrogens with one attached hydrogen (secondary N) is 2. The monoisotopic (exact) mass is 307 g/mol. The summed E-state index contributed by atoms with van der Waals surface area (Å²) in [5, 5.41) is 13.7. The second-order valence-electron chi connectivity index (χ2n) is 4.77. The van der Waals surface area contributed by atoms with Gasteiger partial charge in [-0.2, -0.15) is 0 Å². The van der Waals surface area contributed by atoms with Crippen molar-refractivity contribution in [3.63, 3.8) is 0 Å². The lowest BCUT2D eigenvalue weighted by Gasteiger charge is -2.08. The van der Waals surface area contributed by atoms with Crippen LogP contribution in [0.1, 0.15) is 36.0 Å². The minimum Gasteiger partial charge on any atom is -0.481 e. The molecular weight excluding hydrogens is 286 g/mol. The number of nitrogens with two attached hydrogens (primary N) is 1. The molecule has 7 nitrogen and oxygen atoms in total. The van der Waals surface area contributed by atoms with Gasteiger partial charge in [-0.25, -0.2) is 0 Å². The van der Waals surface area contributed by atoms with Crippen LogP contribution in [0.3, 0.4) is 0 Å². The van der Waals surface area contributed by atoms with Crippen LogP contribution in [0.2, 0.25) is 0 Å². The van der Waals surface area contributed by atoms with Crippen LogP contribution in [0.4, 0.5) is 5.69 Å². The Morgan fingerprint density at radius 1 is 1.14 bits per heavy atom. The number of carboxylic acid groups (broad SMARTS) is 1. The van der Waals surface area contributed by atoms with Gasteiger partial charge in [0.15, 0.2) is 0 Å². The quantitative estimate of drug-likeness (QED) is 0.506. The fourth-order valence-electron chi connectivity index (χ4n) is 1.78. The highest BCUT2D eigenvalue weighted by Gasteiger charge is 2.08. The fraction of sp³-hybridized carbons (Fsp3) is 0.400. The van der Waals surface area contributed by atoms with E-state index in [-0.39, 0.29) is 24.8 Å². The molecule has 22 heavy (non-hydrogen) atoms. The van der Waals surface area contributed by atoms with E-state index in [1.54, 1.807) is 24.3 Å². The summed E-state index contributed by atoms with van der Waals surface area (Å²) < 4.78 is 0. The first-order valence-corrected chi connectivity index (χ1v) is 7.13. The normalized spacial score (nSPS) is 10.0. The summed E-state index contributed by atoms with van der Waals surface area (Å²) in [6.07, 6.45) is 1.76. The number of carboxylic acids is 1. The summed E-state index contributed by atoms with van der Waals surface area (Å²) in [7, 11) is 0. The molecule has 0 spiro atoms. The van der Waals surface area contributed by atoms with E-state index in [1.165, 1.54) is 0 Å². The van der Waals surface area contributed by atoms with Gasteiger partial charge in [-0.15, -0.1) is 0 Å². The van der Waals surface area contributed by atoms with Gasteiger partial charge in [0, 0.05) is 24.2 Å². The van der Waals surface area contributed by atoms with Crippen molar-refractivity contribution in [1.82, 2.24) is 5.32 Å². The predicted molar refractivity (Wildman–Crippen MR) is 82.6 cm³/mol. The summed E-state index contributed by atoms with van der Waals surface area (Å²) >= 11 is 0. The van der Waals surface area contributed by atoms with E-state index in [0.717, 1.165) is 12.8 Å². The third-order valence-electron chi connectivity index (χ3n) is 2.89. The Balaban J connectivity index is 2.52. The number of aliphatic carboxylic acids is 1. The molecule has 0 saturated heterocycles. The van der Waals surface area contributed by atoms with E-state index in [4.69, 9.17) is 10.8 Å². The molecule has 0 aliphatic carbocycles. The number of anilines is 1. The minimum atomic E-state index is -0.973. The Morgan fingerprint density at radius 3 is 2.59 bits per heavy atom. The van der Waals surface area contributed by atoms with Crippen LogP contribution in [0.5, 0.6) is 0 Å². The lowest BCUT2D eigenvalue weighted by Crippen LogP contribution is -2.26. The number of amides is 2. The molecule has 0 atom stereocenters. The van der Waals surface area contributed by atoms with Gasteiger partial charge in [0.1, 0.15) is 0 Å². The Kier molecular flexibility index (Phi) is 7.63. The molecule has 1 aromatic rings. The average Bonchev–Trinajstić information content (AvgIpc) is 2.47. The third-order valence-corrected chi connectivity index (χ3v) is 2.89. The van der Waals surface area contributed by atoms with Crippen molar-refractivity contribution in [3.05, 3.63) is 29.8 Å². The van der Waals surface area contributed by atoms with Crippen molar-refractivity contribution < 1.29 is 19.5 Å². The second-order valence-corrected chi connectivity index (χ2v) is 4.77. The summed E-state index contributed by atoms with van der Waals surface area (Å²) in [6, 6.07) is 6.49. The Hall–Kier alpha value is -2.41. The van der Waals surface area contributed by atoms with E-state index in [0.29, 0.717) is 24.2 Å². The largest absolute Gasteiger partial charge is 0.481 e. The molecule has 7 heteroatoms. The smallest absolute Gasteiger partial charge is 0.305 e. The van der Waals surface area contributed by atoms with Crippen LogP contribution in [0.25, 0.3) is 0 Å². The topological polar surface area (TPSA) is 122 Å². The van der Waals surface area contributed by atoms with E-state index in [9.17, 15) is 14.4 Å². The molecule has 0 aliphatic heterocycles. The van der Waals surface area contributed by atoms with Gasteiger partial charge in [-0.05, 0) is 37.6 Å². The molecule has 0 bridgehead atoms. The summed E-state index contributed by atoms with van der Waals surface area (Å²) in [5.74, 6) is -1.48. The first-order chi connectivity index (χ1) is 10.5. The number of hydrogen-bond acceptors (Lipinski definition) is 4. The zero-order chi connectivity index (χ0) is 16.4. The number of rotatable bonds is 9. The van der Waals surface area contributed by atoms with Gasteiger partial charge >= 0.3 is 5.97 Å². The zero-order valence-electron chi connectivity index (χ0n) is 12.3. The average molecular weight is 307 g/mol. The van der Waals surface area contributed by atoms with Gasteiger partial charge in [0.25, 0.3) is 5.91 Å². The van der Waals surface area contributed by atoms with Crippen LogP contribution in [-0.4, -0.2) is 36.0 Å². The highest BCUT2D eigenvalue weighted by molar-refractivity contribution is 5.97. The van der Waals surface area contributed by atoms with Crippen LogP contribution in [0.15, 0.2) is 24.3 Å². The Morgan fingerprint density at radius 2 is 1.91 bits per heavy atom. The van der Waals surface area contributed by atoms with E-state index in [2.05, 4.69) is 10.6 Å². The molecule has 1 rings (SSSR count). The van der Waals surface area contributed by atoms with Gasteiger partial charge in [0.2, 0.25) is 5.91 Å². The summed E-state index contributed by atoms with van der Waals surface area (Å²) in [5.41, 5.74) is 6.26.